The Morgan fingerprint density at radius 1 is 1.80 bits per heavy atom. The molecule has 0 fully saturated rings. The van der Waals surface area contributed by atoms with Crippen molar-refractivity contribution in [3.05, 3.63) is 16.4 Å². The van der Waals surface area contributed by atoms with Gasteiger partial charge < -0.3 is 10.5 Å². The highest BCUT2D eigenvalue weighted by molar-refractivity contribution is 9.10. The van der Waals surface area contributed by atoms with Gasteiger partial charge >= 0.3 is 5.97 Å². The Hall–Kier alpha value is -0.880. The zero-order chi connectivity index (χ0) is 11.4. The average molecular weight is 276 g/mol. The molecule has 0 spiro atoms. The molecule has 1 heterocycles. The van der Waals surface area contributed by atoms with Crippen LogP contribution in [0.5, 0.6) is 0 Å². The van der Waals surface area contributed by atoms with Crippen molar-refractivity contribution in [3.8, 4) is 0 Å². The third-order valence-corrected chi connectivity index (χ3v) is 2.78. The molecule has 0 amide bonds. The average Bonchev–Trinajstić information content (AvgIpc) is 2.59. The van der Waals surface area contributed by atoms with Crippen molar-refractivity contribution < 1.29 is 9.53 Å². The lowest BCUT2D eigenvalue weighted by Crippen LogP contribution is -2.34. The van der Waals surface area contributed by atoms with E-state index in [9.17, 15) is 4.79 Å². The second-order valence-electron chi connectivity index (χ2n) is 3.09. The second kappa shape index (κ2) is 5.27. The number of methoxy groups -OCH3 is 1. The van der Waals surface area contributed by atoms with Gasteiger partial charge in [0.1, 0.15) is 6.04 Å². The van der Waals surface area contributed by atoms with Gasteiger partial charge in [0.2, 0.25) is 0 Å². The van der Waals surface area contributed by atoms with Gasteiger partial charge in [0.15, 0.2) is 0 Å². The van der Waals surface area contributed by atoms with Crippen LogP contribution >= 0.6 is 15.9 Å². The number of nitrogens with two attached hydrogens (primary N) is 1. The SMILES string of the molecule is CCn1ncc(Br)c1CC(N)C(=O)OC. The molecule has 0 radical (unpaired) electrons. The Morgan fingerprint density at radius 2 is 2.47 bits per heavy atom. The lowest BCUT2D eigenvalue weighted by Gasteiger charge is -2.10. The van der Waals surface area contributed by atoms with Gasteiger partial charge in [0, 0.05) is 13.0 Å². The van der Waals surface area contributed by atoms with Crippen LogP contribution in [0.15, 0.2) is 10.7 Å². The number of carbonyl (C=O) groups excluding carboxylic acids is 1. The van der Waals surface area contributed by atoms with E-state index >= 15 is 0 Å². The first-order chi connectivity index (χ1) is 7.10. The molecule has 0 aromatic carbocycles. The predicted molar refractivity (Wildman–Crippen MR) is 59.3 cm³/mol. The maximum Gasteiger partial charge on any atom is 0.323 e. The zero-order valence-corrected chi connectivity index (χ0v) is 10.3. The minimum Gasteiger partial charge on any atom is -0.468 e. The van der Waals surface area contributed by atoms with E-state index in [0.29, 0.717) is 6.42 Å². The van der Waals surface area contributed by atoms with E-state index in [1.807, 2.05) is 6.92 Å². The van der Waals surface area contributed by atoms with Gasteiger partial charge in [-0.1, -0.05) is 0 Å². The summed E-state index contributed by atoms with van der Waals surface area (Å²) in [4.78, 5) is 11.2. The molecule has 5 nitrogen and oxygen atoms in total. The van der Waals surface area contributed by atoms with Crippen molar-refractivity contribution in [2.75, 3.05) is 7.11 Å². The summed E-state index contributed by atoms with van der Waals surface area (Å²) in [7, 11) is 1.33. The molecule has 2 N–H and O–H groups in total. The molecule has 0 saturated carbocycles. The first-order valence-corrected chi connectivity index (χ1v) is 5.43. The van der Waals surface area contributed by atoms with Crippen LogP contribution in [-0.2, 0) is 22.5 Å². The van der Waals surface area contributed by atoms with Crippen LogP contribution in [0.3, 0.4) is 0 Å². The molecule has 0 bridgehead atoms. The quantitative estimate of drug-likeness (QED) is 0.822. The summed E-state index contributed by atoms with van der Waals surface area (Å²) in [6, 6.07) is -0.645. The number of esters is 1. The third-order valence-electron chi connectivity index (χ3n) is 2.11. The summed E-state index contributed by atoms with van der Waals surface area (Å²) < 4.78 is 7.23. The van der Waals surface area contributed by atoms with Gasteiger partial charge in [-0.3, -0.25) is 9.48 Å². The number of hydrogen-bond acceptors (Lipinski definition) is 4. The van der Waals surface area contributed by atoms with Crippen molar-refractivity contribution in [1.29, 1.82) is 0 Å². The predicted octanol–water partition coefficient (Wildman–Crippen LogP) is 0.708. The van der Waals surface area contributed by atoms with Crippen LogP contribution in [-0.4, -0.2) is 28.9 Å². The van der Waals surface area contributed by atoms with Crippen LogP contribution in [0.2, 0.25) is 0 Å². The molecule has 0 saturated heterocycles. The lowest BCUT2D eigenvalue weighted by molar-refractivity contribution is -0.142. The highest BCUT2D eigenvalue weighted by Crippen LogP contribution is 2.17. The largest absolute Gasteiger partial charge is 0.468 e. The Labute approximate surface area is 96.7 Å². The maximum atomic E-state index is 11.2. The first kappa shape index (κ1) is 12.2. The molecule has 0 aliphatic heterocycles. The Kier molecular flexibility index (Phi) is 4.28. The summed E-state index contributed by atoms with van der Waals surface area (Å²) in [5.74, 6) is -0.411. The van der Waals surface area contributed by atoms with Gasteiger partial charge in [-0.15, -0.1) is 0 Å². The number of hydrogen-bond donors (Lipinski definition) is 1. The van der Waals surface area contributed by atoms with Gasteiger partial charge in [0.25, 0.3) is 0 Å². The second-order valence-corrected chi connectivity index (χ2v) is 3.94. The number of carbonyl (C=O) groups is 1. The molecule has 1 unspecified atom stereocenters. The van der Waals surface area contributed by atoms with E-state index in [0.717, 1.165) is 16.7 Å². The molecule has 1 atom stereocenters. The summed E-state index contributed by atoms with van der Waals surface area (Å²) in [6.45, 7) is 2.72. The molecule has 0 aliphatic carbocycles. The minimum absolute atomic E-state index is 0.411. The van der Waals surface area contributed by atoms with E-state index in [1.54, 1.807) is 10.9 Å². The molecular formula is C9H14BrN3O2. The number of nitrogens with zero attached hydrogens (tertiary/aromatic N) is 2. The molecule has 1 aromatic heterocycles. The molecule has 15 heavy (non-hydrogen) atoms. The molecule has 84 valence electrons. The van der Waals surface area contributed by atoms with Crippen molar-refractivity contribution in [3.63, 3.8) is 0 Å². The van der Waals surface area contributed by atoms with E-state index in [2.05, 4.69) is 25.8 Å². The Bertz CT molecular complexity index is 351. The van der Waals surface area contributed by atoms with Gasteiger partial charge in [-0.25, -0.2) is 0 Å². The zero-order valence-electron chi connectivity index (χ0n) is 8.74. The summed E-state index contributed by atoms with van der Waals surface area (Å²) in [5.41, 5.74) is 6.59. The topological polar surface area (TPSA) is 70.1 Å². The van der Waals surface area contributed by atoms with E-state index in [-0.39, 0.29) is 0 Å². The lowest BCUT2D eigenvalue weighted by atomic mass is 10.2. The van der Waals surface area contributed by atoms with Crippen LogP contribution in [0.1, 0.15) is 12.6 Å². The fraction of sp³-hybridized carbons (Fsp3) is 0.556. The Balaban J connectivity index is 2.79. The summed E-state index contributed by atoms with van der Waals surface area (Å²) >= 11 is 3.37. The molecule has 1 aromatic rings. The minimum atomic E-state index is -0.645. The molecule has 6 heteroatoms. The fourth-order valence-electron chi connectivity index (χ4n) is 1.31. The number of rotatable bonds is 4. The Morgan fingerprint density at radius 3 is 3.00 bits per heavy atom. The molecule has 1 rings (SSSR count). The number of ether oxygens (including phenoxy) is 1. The summed E-state index contributed by atoms with van der Waals surface area (Å²) in [5, 5.41) is 4.13. The monoisotopic (exact) mass is 275 g/mol. The first-order valence-electron chi connectivity index (χ1n) is 4.63. The van der Waals surface area contributed by atoms with Crippen LogP contribution in [0.4, 0.5) is 0 Å². The number of aryl methyl sites for hydroxylation is 1. The van der Waals surface area contributed by atoms with Crippen molar-refractivity contribution in [2.45, 2.75) is 25.9 Å². The summed E-state index contributed by atoms with van der Waals surface area (Å²) in [6.07, 6.45) is 2.12. The maximum absolute atomic E-state index is 11.2. The normalized spacial score (nSPS) is 12.5. The van der Waals surface area contributed by atoms with Crippen molar-refractivity contribution in [1.82, 2.24) is 9.78 Å². The fourth-order valence-corrected chi connectivity index (χ4v) is 1.76. The van der Waals surface area contributed by atoms with Crippen LogP contribution < -0.4 is 5.73 Å². The molecular weight excluding hydrogens is 262 g/mol. The van der Waals surface area contributed by atoms with Gasteiger partial charge in [-0.05, 0) is 22.9 Å². The van der Waals surface area contributed by atoms with E-state index in [1.165, 1.54) is 7.11 Å². The van der Waals surface area contributed by atoms with Gasteiger partial charge in [0.05, 0.1) is 23.5 Å². The number of aromatic nitrogens is 2. The highest BCUT2D eigenvalue weighted by Gasteiger charge is 2.18. The highest BCUT2D eigenvalue weighted by atomic mass is 79.9. The van der Waals surface area contributed by atoms with E-state index in [4.69, 9.17) is 5.73 Å². The van der Waals surface area contributed by atoms with Gasteiger partial charge in [-0.2, -0.15) is 5.10 Å². The van der Waals surface area contributed by atoms with E-state index < -0.39 is 12.0 Å². The van der Waals surface area contributed by atoms with Crippen molar-refractivity contribution in [2.24, 2.45) is 5.73 Å². The smallest absolute Gasteiger partial charge is 0.323 e. The third kappa shape index (κ3) is 2.79. The van der Waals surface area contributed by atoms with Crippen LogP contribution in [0, 0.1) is 0 Å². The molecule has 0 aliphatic rings. The standard InChI is InChI=1S/C9H14BrN3O2/c1-3-13-8(6(10)5-12-13)4-7(11)9(14)15-2/h5,7H,3-4,11H2,1-2H3. The van der Waals surface area contributed by atoms with Crippen LogP contribution in [0.25, 0.3) is 0 Å². The van der Waals surface area contributed by atoms with Crippen molar-refractivity contribution >= 4 is 21.9 Å². The number of halogens is 1.